The maximum Gasteiger partial charge on any atom is 0.410 e. The van der Waals surface area contributed by atoms with Crippen molar-refractivity contribution in [2.75, 3.05) is 31.7 Å². The monoisotopic (exact) mass is 549 g/mol. The Balaban J connectivity index is 1.25. The first-order valence-electron chi connectivity index (χ1n) is 14.5. The van der Waals surface area contributed by atoms with Crippen LogP contribution in [0.25, 0.3) is 0 Å². The summed E-state index contributed by atoms with van der Waals surface area (Å²) in [5, 5.41) is 3.16. The maximum absolute atomic E-state index is 13.5. The zero-order chi connectivity index (χ0) is 28.6. The van der Waals surface area contributed by atoms with Crippen molar-refractivity contribution >= 4 is 17.7 Å². The average molecular weight is 550 g/mol. The number of hydrogen-bond donors (Lipinski definition) is 1. The van der Waals surface area contributed by atoms with Crippen LogP contribution in [0, 0.1) is 12.8 Å². The van der Waals surface area contributed by atoms with E-state index in [1.54, 1.807) is 7.11 Å². The SMILES string of the molecule is COc1cc([C@@H](C)NC(=O)c2cc(N3C[C@H]4CC[C@@H](C3)N4C(=O)OC(C)(C)C)ccc2C)ccc1OCC1CC1. The van der Waals surface area contributed by atoms with E-state index in [-0.39, 0.29) is 30.1 Å². The molecule has 2 aromatic rings. The summed E-state index contributed by atoms with van der Waals surface area (Å²) in [4.78, 5) is 30.5. The van der Waals surface area contributed by atoms with Gasteiger partial charge >= 0.3 is 6.09 Å². The molecular weight excluding hydrogens is 506 g/mol. The third kappa shape index (κ3) is 6.31. The summed E-state index contributed by atoms with van der Waals surface area (Å²) in [5.74, 6) is 1.96. The molecule has 0 spiro atoms. The number of methoxy groups -OCH3 is 1. The Bertz CT molecular complexity index is 1240. The molecule has 3 fully saturated rings. The predicted octanol–water partition coefficient (Wildman–Crippen LogP) is 5.87. The second-order valence-electron chi connectivity index (χ2n) is 12.5. The van der Waals surface area contributed by atoms with Gasteiger partial charge in [-0.25, -0.2) is 4.79 Å². The number of nitrogens with zero attached hydrogens (tertiary/aromatic N) is 2. The molecule has 3 atom stereocenters. The third-order valence-electron chi connectivity index (χ3n) is 8.12. The molecule has 5 rings (SSSR count). The molecule has 0 aromatic heterocycles. The minimum atomic E-state index is -0.513. The highest BCUT2D eigenvalue weighted by atomic mass is 16.6. The Morgan fingerprint density at radius 2 is 1.70 bits per heavy atom. The van der Waals surface area contributed by atoms with Crippen molar-refractivity contribution < 1.29 is 23.8 Å². The van der Waals surface area contributed by atoms with Gasteiger partial charge in [0, 0.05) is 24.3 Å². The number of ether oxygens (including phenoxy) is 3. The van der Waals surface area contributed by atoms with E-state index in [4.69, 9.17) is 14.2 Å². The maximum atomic E-state index is 13.5. The standard InChI is InChI=1S/C32H43N3O5/c1-20-7-11-24(34-17-25-12-13-26(18-34)35(25)31(37)40-32(3,4)5)16-27(20)30(36)33-21(2)23-10-14-28(29(15-23)38-6)39-19-22-8-9-22/h7,10-11,14-16,21-22,25-26H,8-9,12-13,17-19H2,1-6H3,(H,33,36)/t21-,25-,26+/m1/s1. The Kier molecular flexibility index (Phi) is 7.89. The number of carbonyl (C=O) groups is 2. The summed E-state index contributed by atoms with van der Waals surface area (Å²) in [5.41, 5.74) is 3.02. The smallest absolute Gasteiger partial charge is 0.410 e. The second kappa shape index (κ2) is 11.2. The third-order valence-corrected chi connectivity index (χ3v) is 8.12. The number of fused-ring (bicyclic) bond motifs is 2. The van der Waals surface area contributed by atoms with Crippen LogP contribution in [0.1, 0.15) is 80.9 Å². The molecular formula is C32H43N3O5. The van der Waals surface area contributed by atoms with E-state index >= 15 is 0 Å². The van der Waals surface area contributed by atoms with Crippen LogP contribution in [0.15, 0.2) is 36.4 Å². The van der Waals surface area contributed by atoms with Gasteiger partial charge in [-0.05, 0) is 102 Å². The quantitative estimate of drug-likeness (QED) is 0.444. The van der Waals surface area contributed by atoms with Gasteiger partial charge in [-0.1, -0.05) is 12.1 Å². The average Bonchev–Trinajstić information content (AvgIpc) is 3.69. The molecule has 2 aliphatic heterocycles. The Hall–Kier alpha value is -3.42. The topological polar surface area (TPSA) is 80.3 Å². The van der Waals surface area contributed by atoms with Crippen molar-refractivity contribution in [1.29, 1.82) is 0 Å². The minimum Gasteiger partial charge on any atom is -0.493 e. The molecule has 2 saturated heterocycles. The van der Waals surface area contributed by atoms with Crippen molar-refractivity contribution in [3.63, 3.8) is 0 Å². The van der Waals surface area contributed by atoms with Crippen LogP contribution in [-0.2, 0) is 4.74 Å². The zero-order valence-corrected chi connectivity index (χ0v) is 24.7. The van der Waals surface area contributed by atoms with Crippen molar-refractivity contribution in [3.8, 4) is 11.5 Å². The van der Waals surface area contributed by atoms with Crippen LogP contribution in [0.2, 0.25) is 0 Å². The van der Waals surface area contributed by atoms with Crippen LogP contribution < -0.4 is 19.7 Å². The number of aryl methyl sites for hydroxylation is 1. The Labute approximate surface area is 238 Å². The van der Waals surface area contributed by atoms with Gasteiger partial charge < -0.3 is 24.4 Å². The first-order valence-corrected chi connectivity index (χ1v) is 14.5. The van der Waals surface area contributed by atoms with E-state index < -0.39 is 5.60 Å². The van der Waals surface area contributed by atoms with Crippen molar-refractivity contribution in [1.82, 2.24) is 10.2 Å². The highest BCUT2D eigenvalue weighted by Gasteiger charge is 2.44. The van der Waals surface area contributed by atoms with E-state index in [0.717, 1.165) is 55.1 Å². The molecule has 1 aliphatic carbocycles. The van der Waals surface area contributed by atoms with Crippen LogP contribution in [0.4, 0.5) is 10.5 Å². The molecule has 2 bridgehead atoms. The molecule has 8 nitrogen and oxygen atoms in total. The number of amides is 2. The lowest BCUT2D eigenvalue weighted by molar-refractivity contribution is 0.0123. The summed E-state index contributed by atoms with van der Waals surface area (Å²) in [6, 6.07) is 11.9. The number of rotatable bonds is 8. The highest BCUT2D eigenvalue weighted by molar-refractivity contribution is 5.97. The Morgan fingerprint density at radius 3 is 2.33 bits per heavy atom. The molecule has 2 heterocycles. The van der Waals surface area contributed by atoms with Gasteiger partial charge in [-0.2, -0.15) is 0 Å². The van der Waals surface area contributed by atoms with Crippen LogP contribution in [0.5, 0.6) is 11.5 Å². The van der Waals surface area contributed by atoms with E-state index in [0.29, 0.717) is 17.2 Å². The van der Waals surface area contributed by atoms with Gasteiger partial charge in [-0.3, -0.25) is 9.69 Å². The van der Waals surface area contributed by atoms with Gasteiger partial charge in [0.25, 0.3) is 5.91 Å². The fourth-order valence-electron chi connectivity index (χ4n) is 5.70. The molecule has 1 saturated carbocycles. The van der Waals surface area contributed by atoms with E-state index in [1.807, 2.05) is 69.9 Å². The molecule has 3 aliphatic rings. The number of carbonyl (C=O) groups excluding carboxylic acids is 2. The largest absolute Gasteiger partial charge is 0.493 e. The van der Waals surface area contributed by atoms with Crippen molar-refractivity contribution in [2.24, 2.45) is 5.92 Å². The molecule has 0 radical (unpaired) electrons. The fourth-order valence-corrected chi connectivity index (χ4v) is 5.70. The molecule has 8 heteroatoms. The fraction of sp³-hybridized carbons (Fsp3) is 0.562. The molecule has 40 heavy (non-hydrogen) atoms. The lowest BCUT2D eigenvalue weighted by Crippen LogP contribution is -2.56. The van der Waals surface area contributed by atoms with E-state index in [2.05, 4.69) is 16.3 Å². The number of anilines is 1. The molecule has 0 unspecified atom stereocenters. The highest BCUT2D eigenvalue weighted by Crippen LogP contribution is 2.36. The normalized spacial score (nSPS) is 21.1. The summed E-state index contributed by atoms with van der Waals surface area (Å²) in [6.45, 7) is 11.8. The predicted molar refractivity (Wildman–Crippen MR) is 155 cm³/mol. The van der Waals surface area contributed by atoms with Crippen LogP contribution >= 0.6 is 0 Å². The van der Waals surface area contributed by atoms with Gasteiger partial charge in [0.2, 0.25) is 0 Å². The molecule has 2 aromatic carbocycles. The second-order valence-corrected chi connectivity index (χ2v) is 12.5. The lowest BCUT2D eigenvalue weighted by atomic mass is 10.0. The van der Waals surface area contributed by atoms with Gasteiger partial charge in [-0.15, -0.1) is 0 Å². The summed E-state index contributed by atoms with van der Waals surface area (Å²) < 4.78 is 17.2. The number of benzene rings is 2. The minimum absolute atomic E-state index is 0.110. The number of nitrogens with one attached hydrogen (secondary N) is 1. The Morgan fingerprint density at radius 1 is 1.00 bits per heavy atom. The van der Waals surface area contributed by atoms with Gasteiger partial charge in [0.15, 0.2) is 11.5 Å². The number of piperazine rings is 1. The summed E-state index contributed by atoms with van der Waals surface area (Å²) >= 11 is 0. The van der Waals surface area contributed by atoms with E-state index in [9.17, 15) is 9.59 Å². The number of hydrogen-bond acceptors (Lipinski definition) is 6. The van der Waals surface area contributed by atoms with Crippen molar-refractivity contribution in [2.45, 2.75) is 84.0 Å². The van der Waals surface area contributed by atoms with Crippen LogP contribution in [-0.4, -0.2) is 61.4 Å². The first-order chi connectivity index (χ1) is 19.0. The lowest BCUT2D eigenvalue weighted by Gasteiger charge is -2.42. The molecule has 2 amide bonds. The van der Waals surface area contributed by atoms with E-state index in [1.165, 1.54) is 12.8 Å². The zero-order valence-electron chi connectivity index (χ0n) is 24.7. The summed E-state index contributed by atoms with van der Waals surface area (Å²) in [7, 11) is 1.64. The molecule has 216 valence electrons. The van der Waals surface area contributed by atoms with Gasteiger partial charge in [0.05, 0.1) is 31.8 Å². The van der Waals surface area contributed by atoms with Crippen LogP contribution in [0.3, 0.4) is 0 Å². The molecule has 1 N–H and O–H groups in total. The first kappa shape index (κ1) is 28.1. The van der Waals surface area contributed by atoms with Crippen molar-refractivity contribution in [3.05, 3.63) is 53.1 Å². The summed E-state index contributed by atoms with van der Waals surface area (Å²) in [6.07, 6.45) is 4.16. The van der Waals surface area contributed by atoms with Gasteiger partial charge in [0.1, 0.15) is 5.60 Å².